The number of para-hydroxylation sites is 2. The second-order valence-corrected chi connectivity index (χ2v) is 8.60. The van der Waals surface area contributed by atoms with E-state index in [4.69, 9.17) is 19.9 Å². The van der Waals surface area contributed by atoms with Crippen LogP contribution in [0.4, 0.5) is 5.69 Å². The average Bonchev–Trinajstić information content (AvgIpc) is 3.02. The summed E-state index contributed by atoms with van der Waals surface area (Å²) in [6.07, 6.45) is 0.673. The summed E-state index contributed by atoms with van der Waals surface area (Å²) in [5.41, 5.74) is 11.1. The van der Waals surface area contributed by atoms with Crippen molar-refractivity contribution in [2.45, 2.75) is 19.7 Å². The van der Waals surface area contributed by atoms with E-state index < -0.39 is 0 Å². The number of ether oxygens (including phenoxy) is 3. The number of methoxy groups -OCH3 is 2. The number of carbonyl (C=O) groups excluding carboxylic acids is 1. The zero-order valence-corrected chi connectivity index (χ0v) is 23.1. The molecule has 4 rings (SSSR count). The van der Waals surface area contributed by atoms with Gasteiger partial charge in [-0.2, -0.15) is 0 Å². The van der Waals surface area contributed by atoms with Crippen molar-refractivity contribution >= 4 is 17.9 Å². The van der Waals surface area contributed by atoms with E-state index in [9.17, 15) is 4.79 Å². The number of nitrogens with two attached hydrogens (primary N) is 1. The van der Waals surface area contributed by atoms with Crippen molar-refractivity contribution in [3.63, 3.8) is 0 Å². The number of nitrogens with zero attached hydrogens (tertiary/aromatic N) is 1. The molecule has 0 radical (unpaired) electrons. The quantitative estimate of drug-likeness (QED) is 0.130. The summed E-state index contributed by atoms with van der Waals surface area (Å²) in [7, 11) is 4.95. The van der Waals surface area contributed by atoms with Gasteiger partial charge in [-0.05, 0) is 41.5 Å². The van der Waals surface area contributed by atoms with Crippen LogP contribution in [-0.2, 0) is 24.5 Å². The number of benzene rings is 4. The lowest BCUT2D eigenvalue weighted by atomic mass is 10.1. The van der Waals surface area contributed by atoms with Crippen molar-refractivity contribution in [3.05, 3.63) is 119 Å². The lowest BCUT2D eigenvalue weighted by Gasteiger charge is -2.12. The fourth-order valence-electron chi connectivity index (χ4n) is 3.79. The zero-order chi connectivity index (χ0) is 28.6. The Balaban J connectivity index is 0.000000307. The van der Waals surface area contributed by atoms with Crippen molar-refractivity contribution in [1.82, 2.24) is 5.32 Å². The highest BCUT2D eigenvalue weighted by Crippen LogP contribution is 2.21. The smallest absolute Gasteiger partial charge is 0.207 e. The molecule has 40 heavy (non-hydrogen) atoms. The van der Waals surface area contributed by atoms with Gasteiger partial charge in [-0.25, -0.2) is 0 Å². The monoisotopic (exact) mass is 540 g/mol. The van der Waals surface area contributed by atoms with Gasteiger partial charge in [0.05, 0.1) is 14.2 Å². The van der Waals surface area contributed by atoms with Gasteiger partial charge in [0, 0.05) is 43.0 Å². The maximum absolute atomic E-state index is 10.0. The molecule has 0 saturated carbocycles. The Morgan fingerprint density at radius 3 is 2.25 bits per heavy atom. The van der Waals surface area contributed by atoms with Crippen LogP contribution in [0.3, 0.4) is 0 Å². The van der Waals surface area contributed by atoms with Crippen molar-refractivity contribution in [3.8, 4) is 17.2 Å². The van der Waals surface area contributed by atoms with Crippen LogP contribution in [0.2, 0.25) is 0 Å². The number of hydrogen-bond acceptors (Lipinski definition) is 6. The molecular formula is C32H36N4O4. The maximum Gasteiger partial charge on any atom is 0.207 e. The Kier molecular flexibility index (Phi) is 11.9. The van der Waals surface area contributed by atoms with Crippen LogP contribution >= 0.6 is 0 Å². The number of rotatable bonds is 12. The molecule has 0 aromatic heterocycles. The molecule has 0 fully saturated rings. The number of amides is 1. The van der Waals surface area contributed by atoms with E-state index in [0.717, 1.165) is 39.6 Å². The number of anilines is 1. The van der Waals surface area contributed by atoms with Gasteiger partial charge in [0.15, 0.2) is 0 Å². The third kappa shape index (κ3) is 9.09. The van der Waals surface area contributed by atoms with E-state index in [1.807, 2.05) is 72.8 Å². The molecule has 0 spiro atoms. The summed E-state index contributed by atoms with van der Waals surface area (Å²) in [5, 5.41) is 6.01. The van der Waals surface area contributed by atoms with E-state index in [1.165, 1.54) is 5.56 Å². The molecular weight excluding hydrogens is 504 g/mol. The Morgan fingerprint density at radius 2 is 1.52 bits per heavy atom. The molecule has 0 aliphatic rings. The Labute approximate surface area is 235 Å². The normalized spacial score (nSPS) is 10.5. The molecule has 0 atom stereocenters. The van der Waals surface area contributed by atoms with Crippen LogP contribution in [0.1, 0.15) is 22.3 Å². The maximum atomic E-state index is 10.0. The zero-order valence-electron chi connectivity index (χ0n) is 23.1. The van der Waals surface area contributed by atoms with Crippen LogP contribution in [-0.4, -0.2) is 33.5 Å². The topological polar surface area (TPSA) is 107 Å². The van der Waals surface area contributed by atoms with Crippen molar-refractivity contribution in [1.29, 1.82) is 0 Å². The van der Waals surface area contributed by atoms with Crippen LogP contribution in [0, 0.1) is 0 Å². The van der Waals surface area contributed by atoms with Crippen LogP contribution < -0.4 is 30.6 Å². The first-order valence-electron chi connectivity index (χ1n) is 12.8. The van der Waals surface area contributed by atoms with E-state index in [2.05, 4.69) is 39.9 Å². The van der Waals surface area contributed by atoms with Gasteiger partial charge < -0.3 is 30.6 Å². The van der Waals surface area contributed by atoms with E-state index in [-0.39, 0.29) is 0 Å². The first kappa shape index (κ1) is 29.6. The highest BCUT2D eigenvalue weighted by molar-refractivity contribution is 6.02. The Bertz CT molecular complexity index is 1370. The minimum atomic E-state index is 0.507. The minimum absolute atomic E-state index is 0.507. The third-order valence-electron chi connectivity index (χ3n) is 5.96. The van der Waals surface area contributed by atoms with Gasteiger partial charge in [0.2, 0.25) is 6.41 Å². The summed E-state index contributed by atoms with van der Waals surface area (Å²) in [6, 6.07) is 31.4. The number of carbonyl (C=O) groups is 1. The second-order valence-electron chi connectivity index (χ2n) is 8.60. The SMILES string of the molecule is CN=C(N)c1ccccc1NCc1ccc(COc2cccc(OC)c2)cc1.COc1ccccc1CNC=O. The summed E-state index contributed by atoms with van der Waals surface area (Å²) in [4.78, 5) is 14.1. The molecule has 208 valence electrons. The largest absolute Gasteiger partial charge is 0.497 e. The number of amidine groups is 1. The fourth-order valence-corrected chi connectivity index (χ4v) is 3.79. The molecule has 0 bridgehead atoms. The van der Waals surface area contributed by atoms with Crippen molar-refractivity contribution in [2.24, 2.45) is 10.7 Å². The standard InChI is InChI=1S/C23H25N3O2.C9H11NO2/c1-25-23(24)21-8-3-4-9-22(21)26-15-17-10-12-18(13-11-17)16-28-20-7-5-6-19(14-20)27-2;1-12-9-5-3-2-4-8(9)6-10-7-11/h3-14,26H,15-16H2,1-2H3,(H2,24,25);2-5,7H,6H2,1H3,(H,10,11). The van der Waals surface area contributed by atoms with Crippen molar-refractivity contribution < 1.29 is 19.0 Å². The summed E-state index contributed by atoms with van der Waals surface area (Å²) in [6.45, 7) is 1.71. The van der Waals surface area contributed by atoms with Gasteiger partial charge in [-0.15, -0.1) is 0 Å². The molecule has 8 heteroatoms. The number of aliphatic imine (C=N–C) groups is 1. The Morgan fingerprint density at radius 1 is 0.825 bits per heavy atom. The lowest BCUT2D eigenvalue weighted by Crippen LogP contribution is -2.15. The molecule has 0 aliphatic carbocycles. The molecule has 1 amide bonds. The number of hydrogen-bond donors (Lipinski definition) is 3. The minimum Gasteiger partial charge on any atom is -0.497 e. The predicted molar refractivity (Wildman–Crippen MR) is 160 cm³/mol. The van der Waals surface area contributed by atoms with E-state index >= 15 is 0 Å². The first-order valence-corrected chi connectivity index (χ1v) is 12.8. The van der Waals surface area contributed by atoms with Gasteiger partial charge >= 0.3 is 0 Å². The molecule has 4 N–H and O–H groups in total. The average molecular weight is 541 g/mol. The number of nitrogens with one attached hydrogen (secondary N) is 2. The highest BCUT2D eigenvalue weighted by Gasteiger charge is 2.05. The lowest BCUT2D eigenvalue weighted by molar-refractivity contribution is -0.109. The van der Waals surface area contributed by atoms with Gasteiger partial charge in [0.25, 0.3) is 0 Å². The second kappa shape index (κ2) is 16.1. The van der Waals surface area contributed by atoms with Crippen LogP contribution in [0.25, 0.3) is 0 Å². The summed E-state index contributed by atoms with van der Waals surface area (Å²) < 4.78 is 16.1. The van der Waals surface area contributed by atoms with Crippen LogP contribution in [0.5, 0.6) is 17.2 Å². The molecule has 4 aromatic carbocycles. The third-order valence-corrected chi connectivity index (χ3v) is 5.96. The predicted octanol–water partition coefficient (Wildman–Crippen LogP) is 5.16. The Hall–Kier alpha value is -4.98. The van der Waals surface area contributed by atoms with Gasteiger partial charge in [0.1, 0.15) is 29.7 Å². The van der Waals surface area contributed by atoms with Gasteiger partial charge in [-0.3, -0.25) is 9.79 Å². The van der Waals surface area contributed by atoms with E-state index in [1.54, 1.807) is 21.3 Å². The van der Waals surface area contributed by atoms with Gasteiger partial charge in [-0.1, -0.05) is 60.7 Å². The molecule has 4 aromatic rings. The first-order chi connectivity index (χ1) is 19.6. The highest BCUT2D eigenvalue weighted by atomic mass is 16.5. The molecule has 0 unspecified atom stereocenters. The van der Waals surface area contributed by atoms with Crippen LogP contribution in [0.15, 0.2) is 102 Å². The molecule has 0 heterocycles. The molecule has 0 saturated heterocycles. The van der Waals surface area contributed by atoms with Crippen molar-refractivity contribution in [2.75, 3.05) is 26.6 Å². The summed E-state index contributed by atoms with van der Waals surface area (Å²) in [5.74, 6) is 2.89. The molecule has 0 aliphatic heterocycles. The fraction of sp³-hybridized carbons (Fsp3) is 0.188. The molecule has 8 nitrogen and oxygen atoms in total. The van der Waals surface area contributed by atoms with E-state index in [0.29, 0.717) is 31.9 Å². The summed E-state index contributed by atoms with van der Waals surface area (Å²) >= 11 is 0.